The molecule has 5 heteroatoms. The SMILES string of the molecule is OCCn1cc(CNCC2Cc3ccccc32)nn1. The number of benzene rings is 1. The number of rotatable bonds is 6. The van der Waals surface area contributed by atoms with Crippen molar-refractivity contribution in [2.45, 2.75) is 25.4 Å². The van der Waals surface area contributed by atoms with E-state index in [0.717, 1.165) is 18.8 Å². The summed E-state index contributed by atoms with van der Waals surface area (Å²) in [6.45, 7) is 2.30. The molecular formula is C14H18N4O. The average Bonchev–Trinajstić information content (AvgIpc) is 2.83. The van der Waals surface area contributed by atoms with Gasteiger partial charge in [-0.3, -0.25) is 0 Å². The molecule has 5 nitrogen and oxygen atoms in total. The molecule has 1 aliphatic carbocycles. The van der Waals surface area contributed by atoms with Crippen LogP contribution in [0.4, 0.5) is 0 Å². The Morgan fingerprint density at radius 3 is 3.11 bits per heavy atom. The predicted molar refractivity (Wildman–Crippen MR) is 71.7 cm³/mol. The van der Waals surface area contributed by atoms with Crippen LogP contribution in [-0.2, 0) is 19.5 Å². The number of hydrogen-bond donors (Lipinski definition) is 2. The molecule has 0 bridgehead atoms. The van der Waals surface area contributed by atoms with E-state index in [2.05, 4.69) is 39.9 Å². The molecule has 19 heavy (non-hydrogen) atoms. The number of nitrogens with zero attached hydrogens (tertiary/aromatic N) is 3. The van der Waals surface area contributed by atoms with Crippen LogP contribution in [0.25, 0.3) is 0 Å². The van der Waals surface area contributed by atoms with Gasteiger partial charge >= 0.3 is 0 Å². The number of aliphatic hydroxyl groups excluding tert-OH is 1. The Morgan fingerprint density at radius 2 is 2.26 bits per heavy atom. The third-order valence-electron chi connectivity index (χ3n) is 3.57. The van der Waals surface area contributed by atoms with Gasteiger partial charge in [0.05, 0.1) is 18.8 Å². The molecule has 0 amide bonds. The lowest BCUT2D eigenvalue weighted by molar-refractivity contribution is 0.268. The highest BCUT2D eigenvalue weighted by molar-refractivity contribution is 5.40. The molecule has 0 spiro atoms. The zero-order valence-corrected chi connectivity index (χ0v) is 10.8. The van der Waals surface area contributed by atoms with Gasteiger partial charge in [0.15, 0.2) is 0 Å². The molecule has 1 atom stereocenters. The van der Waals surface area contributed by atoms with Crippen molar-refractivity contribution in [2.75, 3.05) is 13.2 Å². The van der Waals surface area contributed by atoms with E-state index in [9.17, 15) is 0 Å². The van der Waals surface area contributed by atoms with Crippen LogP contribution < -0.4 is 5.32 Å². The third-order valence-corrected chi connectivity index (χ3v) is 3.57. The molecule has 2 aromatic rings. The van der Waals surface area contributed by atoms with Gasteiger partial charge in [-0.05, 0) is 17.5 Å². The van der Waals surface area contributed by atoms with Crippen LogP contribution >= 0.6 is 0 Å². The third kappa shape index (κ3) is 2.67. The van der Waals surface area contributed by atoms with Crippen LogP contribution in [0.15, 0.2) is 30.5 Å². The smallest absolute Gasteiger partial charge is 0.0964 e. The summed E-state index contributed by atoms with van der Waals surface area (Å²) in [5, 5.41) is 20.2. The molecule has 1 aromatic heterocycles. The minimum absolute atomic E-state index is 0.0923. The molecule has 0 radical (unpaired) electrons. The summed E-state index contributed by atoms with van der Waals surface area (Å²) in [5.74, 6) is 0.628. The zero-order valence-electron chi connectivity index (χ0n) is 10.8. The summed E-state index contributed by atoms with van der Waals surface area (Å²) in [6, 6.07) is 8.61. The quantitative estimate of drug-likeness (QED) is 0.800. The van der Waals surface area contributed by atoms with Crippen LogP contribution in [0.3, 0.4) is 0 Å². The largest absolute Gasteiger partial charge is 0.394 e. The maximum absolute atomic E-state index is 8.81. The first-order valence-electron chi connectivity index (χ1n) is 6.65. The monoisotopic (exact) mass is 258 g/mol. The molecule has 1 aliphatic rings. The highest BCUT2D eigenvalue weighted by Gasteiger charge is 2.24. The van der Waals surface area contributed by atoms with E-state index in [4.69, 9.17) is 5.11 Å². The van der Waals surface area contributed by atoms with Gasteiger partial charge in [0.25, 0.3) is 0 Å². The Morgan fingerprint density at radius 1 is 1.37 bits per heavy atom. The topological polar surface area (TPSA) is 63.0 Å². The van der Waals surface area contributed by atoms with E-state index in [1.807, 2.05) is 6.20 Å². The van der Waals surface area contributed by atoms with Crippen LogP contribution in [0.5, 0.6) is 0 Å². The van der Waals surface area contributed by atoms with Gasteiger partial charge in [-0.2, -0.15) is 0 Å². The number of aromatic nitrogens is 3. The number of fused-ring (bicyclic) bond motifs is 1. The maximum Gasteiger partial charge on any atom is 0.0964 e. The van der Waals surface area contributed by atoms with Crippen LogP contribution in [0, 0.1) is 0 Å². The summed E-state index contributed by atoms with van der Waals surface area (Å²) in [4.78, 5) is 0. The molecule has 3 rings (SSSR count). The second-order valence-electron chi connectivity index (χ2n) is 4.93. The zero-order chi connectivity index (χ0) is 13.1. The van der Waals surface area contributed by atoms with Gasteiger partial charge in [-0.25, -0.2) is 4.68 Å². The van der Waals surface area contributed by atoms with Gasteiger partial charge in [-0.15, -0.1) is 5.10 Å². The first kappa shape index (κ1) is 12.3. The van der Waals surface area contributed by atoms with E-state index < -0.39 is 0 Å². The van der Waals surface area contributed by atoms with Crippen LogP contribution in [0.1, 0.15) is 22.7 Å². The summed E-state index contributed by atoms with van der Waals surface area (Å²) < 4.78 is 1.66. The lowest BCUT2D eigenvalue weighted by Gasteiger charge is -2.30. The molecular weight excluding hydrogens is 240 g/mol. The second-order valence-corrected chi connectivity index (χ2v) is 4.93. The summed E-state index contributed by atoms with van der Waals surface area (Å²) in [5.41, 5.74) is 3.86. The van der Waals surface area contributed by atoms with E-state index in [0.29, 0.717) is 12.5 Å². The van der Waals surface area contributed by atoms with Gasteiger partial charge in [0.1, 0.15) is 0 Å². The first-order chi connectivity index (χ1) is 9.36. The Balaban J connectivity index is 1.46. The molecule has 100 valence electrons. The van der Waals surface area contributed by atoms with E-state index in [-0.39, 0.29) is 6.61 Å². The van der Waals surface area contributed by atoms with Gasteiger partial charge in [-0.1, -0.05) is 29.5 Å². The van der Waals surface area contributed by atoms with Crippen LogP contribution in [-0.4, -0.2) is 33.3 Å². The Hall–Kier alpha value is -1.72. The Kier molecular flexibility index (Phi) is 3.57. The van der Waals surface area contributed by atoms with Crippen molar-refractivity contribution < 1.29 is 5.11 Å². The van der Waals surface area contributed by atoms with E-state index in [1.165, 1.54) is 17.5 Å². The minimum atomic E-state index is 0.0923. The van der Waals surface area contributed by atoms with Crippen molar-refractivity contribution in [1.82, 2.24) is 20.3 Å². The fourth-order valence-electron chi connectivity index (χ4n) is 2.55. The molecule has 0 saturated heterocycles. The fourth-order valence-corrected chi connectivity index (χ4v) is 2.55. The number of aliphatic hydroxyl groups is 1. The van der Waals surface area contributed by atoms with Crippen molar-refractivity contribution >= 4 is 0 Å². The molecule has 0 saturated carbocycles. The van der Waals surface area contributed by atoms with E-state index >= 15 is 0 Å². The molecule has 1 heterocycles. The molecule has 1 unspecified atom stereocenters. The minimum Gasteiger partial charge on any atom is -0.394 e. The summed E-state index contributed by atoms with van der Waals surface area (Å²) in [6.07, 6.45) is 3.04. The highest BCUT2D eigenvalue weighted by Crippen LogP contribution is 2.33. The summed E-state index contributed by atoms with van der Waals surface area (Å²) in [7, 11) is 0. The van der Waals surface area contributed by atoms with Crippen molar-refractivity contribution in [2.24, 2.45) is 0 Å². The molecule has 0 fully saturated rings. The Labute approximate surface area is 112 Å². The summed E-state index contributed by atoms with van der Waals surface area (Å²) >= 11 is 0. The van der Waals surface area contributed by atoms with Gasteiger partial charge < -0.3 is 10.4 Å². The maximum atomic E-state index is 8.81. The van der Waals surface area contributed by atoms with Crippen molar-refractivity contribution in [1.29, 1.82) is 0 Å². The lowest BCUT2D eigenvalue weighted by Crippen LogP contribution is -2.28. The normalized spacial score (nSPS) is 17.0. The van der Waals surface area contributed by atoms with Crippen molar-refractivity contribution in [3.8, 4) is 0 Å². The average molecular weight is 258 g/mol. The van der Waals surface area contributed by atoms with Crippen molar-refractivity contribution in [3.05, 3.63) is 47.3 Å². The highest BCUT2D eigenvalue weighted by atomic mass is 16.3. The van der Waals surface area contributed by atoms with Gasteiger partial charge in [0, 0.05) is 25.2 Å². The fraction of sp³-hybridized carbons (Fsp3) is 0.429. The van der Waals surface area contributed by atoms with E-state index in [1.54, 1.807) is 4.68 Å². The number of nitrogens with one attached hydrogen (secondary N) is 1. The number of hydrogen-bond acceptors (Lipinski definition) is 4. The molecule has 0 aliphatic heterocycles. The molecule has 2 N–H and O–H groups in total. The van der Waals surface area contributed by atoms with Crippen molar-refractivity contribution in [3.63, 3.8) is 0 Å². The lowest BCUT2D eigenvalue weighted by atomic mass is 9.77. The predicted octanol–water partition coefficient (Wildman–Crippen LogP) is 0.700. The second kappa shape index (κ2) is 5.50. The standard InChI is InChI=1S/C14H18N4O/c19-6-5-18-10-13(16-17-18)9-15-8-12-7-11-3-1-2-4-14(11)12/h1-4,10,12,15,19H,5-9H2. The first-order valence-corrected chi connectivity index (χ1v) is 6.65. The van der Waals surface area contributed by atoms with Crippen LogP contribution in [0.2, 0.25) is 0 Å². The molecule has 1 aromatic carbocycles. The van der Waals surface area contributed by atoms with Gasteiger partial charge in [0.2, 0.25) is 0 Å². The Bertz CT molecular complexity index is 552.